The summed E-state index contributed by atoms with van der Waals surface area (Å²) in [4.78, 5) is 19.2. The van der Waals surface area contributed by atoms with E-state index in [1.807, 2.05) is 12.1 Å². The molecule has 2 heterocycles. The van der Waals surface area contributed by atoms with Gasteiger partial charge in [0.1, 0.15) is 5.69 Å². The second-order valence-corrected chi connectivity index (χ2v) is 6.78. The Kier molecular flexibility index (Phi) is 4.18. The Hall–Kier alpha value is -2.76. The molecule has 1 aliphatic heterocycles. The van der Waals surface area contributed by atoms with Gasteiger partial charge in [-0.3, -0.25) is 9.56 Å². The maximum atomic E-state index is 12.2. The lowest BCUT2D eigenvalue weighted by atomic mass is 10.1. The highest BCUT2D eigenvalue weighted by Gasteiger charge is 2.16. The molecule has 1 aromatic heterocycles. The molecular weight excluding hydrogens is 373 g/mol. The van der Waals surface area contributed by atoms with Gasteiger partial charge in [0, 0.05) is 27.4 Å². The van der Waals surface area contributed by atoms with Crippen LogP contribution in [0.1, 0.15) is 16.8 Å². The third kappa shape index (κ3) is 3.07. The average molecular weight is 386 g/mol. The number of fused-ring (bicyclic) bond motifs is 1. The highest BCUT2D eigenvalue weighted by atomic mass is 35.5. The number of rotatable bonds is 3. The minimum absolute atomic E-state index is 0.140. The maximum Gasteiger partial charge on any atom is 0.329 e. The summed E-state index contributed by atoms with van der Waals surface area (Å²) in [5.74, 6) is -0.140. The molecule has 0 saturated carbocycles. The molecule has 0 fully saturated rings. The van der Waals surface area contributed by atoms with Crippen LogP contribution in [0.3, 0.4) is 0 Å². The molecule has 0 saturated heterocycles. The number of hydrogen-bond acceptors (Lipinski definition) is 3. The number of H-pyrrole nitrogens is 1. The van der Waals surface area contributed by atoms with Crippen LogP contribution in [0, 0.1) is 0 Å². The van der Waals surface area contributed by atoms with Gasteiger partial charge < -0.3 is 10.1 Å². The molecule has 4 rings (SSSR count). The lowest BCUT2D eigenvalue weighted by Crippen LogP contribution is -2.17. The highest BCUT2D eigenvalue weighted by Crippen LogP contribution is 2.35. The first-order valence-electron chi connectivity index (χ1n) is 7.83. The first kappa shape index (κ1) is 16.7. The fourth-order valence-corrected chi connectivity index (χ4v) is 3.26. The number of hydrogen-bond donors (Lipinski definition) is 2. The molecule has 0 unspecified atom stereocenters. The van der Waals surface area contributed by atoms with Gasteiger partial charge in [-0.2, -0.15) is 0 Å². The summed E-state index contributed by atoms with van der Waals surface area (Å²) in [6.45, 7) is 0.213. The van der Waals surface area contributed by atoms with Crippen LogP contribution in [0.2, 0.25) is 10.0 Å². The number of halogens is 2. The van der Waals surface area contributed by atoms with Crippen molar-refractivity contribution in [3.63, 3.8) is 0 Å². The second kappa shape index (κ2) is 6.52. The van der Waals surface area contributed by atoms with Gasteiger partial charge in [0.05, 0.1) is 12.2 Å². The number of nitrogens with zero attached hydrogens (tertiary/aromatic N) is 2. The molecule has 0 aliphatic carbocycles. The summed E-state index contributed by atoms with van der Waals surface area (Å²) < 4.78 is 1.26. The Labute approximate surface area is 158 Å². The quantitative estimate of drug-likeness (QED) is 0.696. The first-order chi connectivity index (χ1) is 12.5. The van der Waals surface area contributed by atoms with Crippen molar-refractivity contribution in [2.75, 3.05) is 0 Å². The van der Waals surface area contributed by atoms with E-state index < -0.39 is 5.69 Å². The van der Waals surface area contributed by atoms with E-state index >= 15 is 0 Å². The number of benzene rings is 2. The second-order valence-electron chi connectivity index (χ2n) is 5.90. The summed E-state index contributed by atoms with van der Waals surface area (Å²) in [5, 5.41) is 11.7. The Morgan fingerprint density at radius 1 is 1.15 bits per heavy atom. The molecule has 1 aliphatic rings. The highest BCUT2D eigenvalue weighted by molar-refractivity contribution is 6.31. The van der Waals surface area contributed by atoms with Crippen LogP contribution in [0.4, 0.5) is 5.69 Å². The van der Waals surface area contributed by atoms with Gasteiger partial charge >= 0.3 is 5.69 Å². The summed E-state index contributed by atoms with van der Waals surface area (Å²) in [6, 6.07) is 12.5. The number of aromatic amines is 1. The molecule has 5 nitrogen and oxygen atoms in total. The van der Waals surface area contributed by atoms with E-state index in [1.54, 1.807) is 42.6 Å². The monoisotopic (exact) mass is 385 g/mol. The first-order valence-corrected chi connectivity index (χ1v) is 8.59. The summed E-state index contributed by atoms with van der Waals surface area (Å²) in [6.07, 6.45) is 3.36. The standard InChI is InChI=1S/C19H13Cl2N3O2/c20-13-3-1-2-11(6-13)10-24-18(25)17(23-19(24)26)7-12-9-22-16-8-14(21)4-5-15(12)16/h1-9,25H,10H2,(H,23,26)/b12-7+. The smallest absolute Gasteiger partial charge is 0.329 e. The molecule has 130 valence electrons. The van der Waals surface area contributed by atoms with Gasteiger partial charge in [-0.15, -0.1) is 0 Å². The molecule has 0 atom stereocenters. The largest absolute Gasteiger partial charge is 0.493 e. The average Bonchev–Trinajstić information content (AvgIpc) is 3.11. The van der Waals surface area contributed by atoms with Gasteiger partial charge in [-0.1, -0.05) is 41.4 Å². The van der Waals surface area contributed by atoms with Crippen LogP contribution in [-0.2, 0) is 6.54 Å². The van der Waals surface area contributed by atoms with Gasteiger partial charge in [0.2, 0.25) is 5.88 Å². The molecule has 2 aromatic carbocycles. The SMILES string of the molecule is O=c1[nH]c(/C=C2\C=Nc3cc(Cl)ccc32)c(O)n1Cc1cccc(Cl)c1. The van der Waals surface area contributed by atoms with Crippen molar-refractivity contribution < 1.29 is 5.11 Å². The predicted molar refractivity (Wildman–Crippen MR) is 105 cm³/mol. The lowest BCUT2D eigenvalue weighted by molar-refractivity contribution is 0.420. The van der Waals surface area contributed by atoms with E-state index in [0.29, 0.717) is 15.7 Å². The van der Waals surface area contributed by atoms with Crippen molar-refractivity contribution in [1.29, 1.82) is 0 Å². The minimum atomic E-state index is -0.402. The van der Waals surface area contributed by atoms with Crippen LogP contribution in [0.5, 0.6) is 5.88 Å². The van der Waals surface area contributed by atoms with Crippen LogP contribution in [-0.4, -0.2) is 20.9 Å². The van der Waals surface area contributed by atoms with E-state index in [-0.39, 0.29) is 12.4 Å². The normalized spacial score (nSPS) is 14.2. The number of allylic oxidation sites excluding steroid dienone is 1. The number of aliphatic imine (C=N–C) groups is 1. The van der Waals surface area contributed by atoms with Crippen molar-refractivity contribution >= 4 is 46.8 Å². The van der Waals surface area contributed by atoms with Crippen LogP contribution < -0.4 is 5.69 Å². The van der Waals surface area contributed by atoms with Crippen molar-refractivity contribution in [3.05, 3.63) is 79.8 Å². The minimum Gasteiger partial charge on any atom is -0.493 e. The van der Waals surface area contributed by atoms with E-state index in [1.165, 1.54) is 4.57 Å². The molecular formula is C19H13Cl2N3O2. The number of imidazole rings is 1. The van der Waals surface area contributed by atoms with Crippen molar-refractivity contribution in [2.24, 2.45) is 4.99 Å². The number of aromatic nitrogens is 2. The van der Waals surface area contributed by atoms with Gasteiger partial charge in [0.25, 0.3) is 0 Å². The summed E-state index contributed by atoms with van der Waals surface area (Å²) in [7, 11) is 0. The van der Waals surface area contributed by atoms with Crippen LogP contribution in [0.15, 0.2) is 52.3 Å². The fraction of sp³-hybridized carbons (Fsp3) is 0.0526. The number of nitrogens with one attached hydrogen (secondary N) is 1. The van der Waals surface area contributed by atoms with Gasteiger partial charge in [-0.25, -0.2) is 4.79 Å². The Balaban J connectivity index is 1.70. The van der Waals surface area contributed by atoms with E-state index in [0.717, 1.165) is 22.4 Å². The Morgan fingerprint density at radius 2 is 1.96 bits per heavy atom. The Bertz CT molecular complexity index is 1130. The van der Waals surface area contributed by atoms with E-state index in [2.05, 4.69) is 9.98 Å². The van der Waals surface area contributed by atoms with Crippen molar-refractivity contribution in [2.45, 2.75) is 6.54 Å². The van der Waals surface area contributed by atoms with E-state index in [4.69, 9.17) is 23.2 Å². The molecule has 7 heteroatoms. The van der Waals surface area contributed by atoms with E-state index in [9.17, 15) is 9.90 Å². The third-order valence-electron chi connectivity index (χ3n) is 4.13. The summed E-state index contributed by atoms with van der Waals surface area (Å²) >= 11 is 12.0. The number of aromatic hydroxyl groups is 1. The van der Waals surface area contributed by atoms with Crippen molar-refractivity contribution in [3.8, 4) is 5.88 Å². The molecule has 0 radical (unpaired) electrons. The zero-order valence-electron chi connectivity index (χ0n) is 13.4. The molecule has 0 bridgehead atoms. The Morgan fingerprint density at radius 3 is 2.77 bits per heavy atom. The molecule has 0 amide bonds. The molecule has 3 aromatic rings. The van der Waals surface area contributed by atoms with Crippen LogP contribution in [0.25, 0.3) is 11.6 Å². The lowest BCUT2D eigenvalue weighted by Gasteiger charge is -2.04. The van der Waals surface area contributed by atoms with Gasteiger partial charge in [0.15, 0.2) is 0 Å². The van der Waals surface area contributed by atoms with Crippen LogP contribution >= 0.6 is 23.2 Å². The zero-order chi connectivity index (χ0) is 18.3. The maximum absolute atomic E-state index is 12.2. The van der Waals surface area contributed by atoms with Gasteiger partial charge in [-0.05, 0) is 35.9 Å². The molecule has 26 heavy (non-hydrogen) atoms. The zero-order valence-corrected chi connectivity index (χ0v) is 14.9. The topological polar surface area (TPSA) is 70.4 Å². The third-order valence-corrected chi connectivity index (χ3v) is 4.60. The predicted octanol–water partition coefficient (Wildman–Crippen LogP) is 4.49. The summed E-state index contributed by atoms with van der Waals surface area (Å²) in [5.41, 5.74) is 3.15. The molecule has 2 N–H and O–H groups in total. The fourth-order valence-electron chi connectivity index (χ4n) is 2.88. The molecule has 0 spiro atoms. The van der Waals surface area contributed by atoms with Crippen molar-refractivity contribution in [1.82, 2.24) is 9.55 Å².